The van der Waals surface area contributed by atoms with E-state index in [0.717, 1.165) is 6.29 Å². The van der Waals surface area contributed by atoms with Gasteiger partial charge in [-0.1, -0.05) is 0 Å². The number of benzene rings is 1. The van der Waals surface area contributed by atoms with E-state index in [1.54, 1.807) is 12.1 Å². The number of fused-ring (bicyclic) bond motifs is 1. The Morgan fingerprint density at radius 3 is 2.60 bits per heavy atom. The quantitative estimate of drug-likeness (QED) is 0.818. The van der Waals surface area contributed by atoms with Gasteiger partial charge in [0.15, 0.2) is 6.29 Å². The largest absolute Gasteiger partial charge is 0.328 e. The molecule has 0 unspecified atom stereocenters. The zero-order valence-electron chi connectivity index (χ0n) is 10.4. The highest BCUT2D eigenvalue weighted by Gasteiger charge is 2.25. The average molecular weight is 270 g/mol. The summed E-state index contributed by atoms with van der Waals surface area (Å²) in [5.41, 5.74) is 1.08. The SMILES string of the molecule is O=Cc1ccc(N2CCC(=O)NC2=O)c2cnncc12. The van der Waals surface area contributed by atoms with Crippen molar-refractivity contribution in [3.05, 3.63) is 30.1 Å². The molecule has 100 valence electrons. The third-order valence-electron chi connectivity index (χ3n) is 3.21. The van der Waals surface area contributed by atoms with Gasteiger partial charge in [-0.05, 0) is 12.1 Å². The smallest absolute Gasteiger partial charge is 0.298 e. The molecule has 1 aliphatic rings. The van der Waals surface area contributed by atoms with E-state index in [-0.39, 0.29) is 12.3 Å². The van der Waals surface area contributed by atoms with Crippen molar-refractivity contribution >= 4 is 34.7 Å². The van der Waals surface area contributed by atoms with Gasteiger partial charge < -0.3 is 0 Å². The van der Waals surface area contributed by atoms with Crippen molar-refractivity contribution in [2.24, 2.45) is 0 Å². The van der Waals surface area contributed by atoms with E-state index in [4.69, 9.17) is 0 Å². The van der Waals surface area contributed by atoms with Crippen molar-refractivity contribution < 1.29 is 14.4 Å². The molecule has 0 radical (unpaired) electrons. The van der Waals surface area contributed by atoms with Crippen LogP contribution >= 0.6 is 0 Å². The highest BCUT2D eigenvalue weighted by molar-refractivity contribution is 6.11. The summed E-state index contributed by atoms with van der Waals surface area (Å²) in [6.45, 7) is 0.294. The molecule has 7 heteroatoms. The van der Waals surface area contributed by atoms with Crippen molar-refractivity contribution in [2.45, 2.75) is 6.42 Å². The van der Waals surface area contributed by atoms with Gasteiger partial charge in [0.2, 0.25) is 5.91 Å². The maximum Gasteiger partial charge on any atom is 0.328 e. The topological polar surface area (TPSA) is 92.3 Å². The molecule has 1 aliphatic heterocycles. The molecule has 0 saturated carbocycles. The van der Waals surface area contributed by atoms with Crippen molar-refractivity contribution in [1.82, 2.24) is 15.5 Å². The number of nitrogens with one attached hydrogen (secondary N) is 1. The number of rotatable bonds is 2. The Morgan fingerprint density at radius 2 is 1.90 bits per heavy atom. The molecule has 1 saturated heterocycles. The van der Waals surface area contributed by atoms with Crippen LogP contribution in [0.1, 0.15) is 16.8 Å². The Bertz CT molecular complexity index is 729. The standard InChI is InChI=1S/C13H10N4O3/c18-7-8-1-2-11(10-6-15-14-5-9(8)10)17-4-3-12(19)16-13(17)20/h1-2,5-7H,3-4H2,(H,16,19,20). The molecule has 2 heterocycles. The Balaban J connectivity index is 2.15. The first-order valence-corrected chi connectivity index (χ1v) is 6.00. The molecule has 0 spiro atoms. The van der Waals surface area contributed by atoms with Crippen LogP contribution in [0, 0.1) is 0 Å². The Morgan fingerprint density at radius 1 is 1.15 bits per heavy atom. The highest BCUT2D eigenvalue weighted by Crippen LogP contribution is 2.28. The van der Waals surface area contributed by atoms with Crippen LogP contribution in [-0.4, -0.2) is 35.0 Å². The molecule has 2 aromatic rings. The average Bonchev–Trinajstić information content (AvgIpc) is 2.47. The third kappa shape index (κ3) is 1.89. The summed E-state index contributed by atoms with van der Waals surface area (Å²) in [7, 11) is 0. The molecule has 1 N–H and O–H groups in total. The van der Waals surface area contributed by atoms with Gasteiger partial charge in [-0.15, -0.1) is 0 Å². The number of carbonyl (C=O) groups is 3. The molecule has 7 nitrogen and oxygen atoms in total. The van der Waals surface area contributed by atoms with Crippen LogP contribution in [0.2, 0.25) is 0 Å². The number of anilines is 1. The second kappa shape index (κ2) is 4.69. The molecule has 1 aromatic carbocycles. The number of carbonyl (C=O) groups excluding carboxylic acids is 3. The number of hydrogen-bond acceptors (Lipinski definition) is 5. The number of amides is 3. The summed E-state index contributed by atoms with van der Waals surface area (Å²) in [5, 5.41) is 11.1. The summed E-state index contributed by atoms with van der Waals surface area (Å²) in [6.07, 6.45) is 3.95. The molecular formula is C13H10N4O3. The molecule has 20 heavy (non-hydrogen) atoms. The number of urea groups is 1. The molecule has 0 aliphatic carbocycles. The Hall–Kier alpha value is -2.83. The summed E-state index contributed by atoms with van der Waals surface area (Å²) in [6, 6.07) is 2.82. The minimum atomic E-state index is -0.474. The molecule has 1 fully saturated rings. The number of hydrogen-bond donors (Lipinski definition) is 1. The Labute approximate surface area is 113 Å². The molecule has 1 aromatic heterocycles. The highest BCUT2D eigenvalue weighted by atomic mass is 16.2. The third-order valence-corrected chi connectivity index (χ3v) is 3.21. The maximum absolute atomic E-state index is 11.9. The molecule has 3 rings (SSSR count). The zero-order chi connectivity index (χ0) is 14.1. The second-order valence-corrected chi connectivity index (χ2v) is 4.36. The summed E-state index contributed by atoms with van der Waals surface area (Å²) in [4.78, 5) is 35.6. The van der Waals surface area contributed by atoms with E-state index in [1.807, 2.05) is 0 Å². The van der Waals surface area contributed by atoms with Gasteiger partial charge in [-0.3, -0.25) is 19.8 Å². The normalized spacial score (nSPS) is 15.3. The molecule has 0 atom stereocenters. The van der Waals surface area contributed by atoms with Gasteiger partial charge in [0.05, 0.1) is 18.1 Å². The first kappa shape index (κ1) is 12.2. The predicted molar refractivity (Wildman–Crippen MR) is 70.4 cm³/mol. The first-order valence-electron chi connectivity index (χ1n) is 6.00. The van der Waals surface area contributed by atoms with Gasteiger partial charge in [-0.25, -0.2) is 4.79 Å². The summed E-state index contributed by atoms with van der Waals surface area (Å²) >= 11 is 0. The van der Waals surface area contributed by atoms with Gasteiger partial charge in [0.25, 0.3) is 0 Å². The van der Waals surface area contributed by atoms with Gasteiger partial charge >= 0.3 is 6.03 Å². The predicted octanol–water partition coefficient (Wildman–Crippen LogP) is 0.889. The fraction of sp³-hybridized carbons (Fsp3) is 0.154. The minimum absolute atomic E-state index is 0.237. The zero-order valence-corrected chi connectivity index (χ0v) is 10.4. The molecular weight excluding hydrogens is 260 g/mol. The summed E-state index contributed by atoms with van der Waals surface area (Å²) < 4.78 is 0. The van der Waals surface area contributed by atoms with Crippen LogP contribution in [0.25, 0.3) is 10.8 Å². The van der Waals surface area contributed by atoms with E-state index in [1.165, 1.54) is 17.3 Å². The molecule has 3 amide bonds. The van der Waals surface area contributed by atoms with E-state index < -0.39 is 6.03 Å². The van der Waals surface area contributed by atoms with Gasteiger partial charge in [0.1, 0.15) is 0 Å². The number of imide groups is 1. The van der Waals surface area contributed by atoms with Crippen LogP contribution in [0.3, 0.4) is 0 Å². The monoisotopic (exact) mass is 270 g/mol. The van der Waals surface area contributed by atoms with Crippen molar-refractivity contribution in [3.63, 3.8) is 0 Å². The lowest BCUT2D eigenvalue weighted by atomic mass is 10.1. The van der Waals surface area contributed by atoms with Crippen LogP contribution in [0.5, 0.6) is 0 Å². The number of aromatic nitrogens is 2. The first-order chi connectivity index (χ1) is 9.70. The van der Waals surface area contributed by atoms with Crippen molar-refractivity contribution in [3.8, 4) is 0 Å². The fourth-order valence-electron chi connectivity index (χ4n) is 2.24. The van der Waals surface area contributed by atoms with Crippen molar-refractivity contribution in [1.29, 1.82) is 0 Å². The van der Waals surface area contributed by atoms with Crippen LogP contribution < -0.4 is 10.2 Å². The minimum Gasteiger partial charge on any atom is -0.298 e. The summed E-state index contributed by atoms with van der Waals surface area (Å²) in [5.74, 6) is -0.292. The second-order valence-electron chi connectivity index (χ2n) is 4.36. The Kier molecular flexibility index (Phi) is 2.86. The van der Waals surface area contributed by atoms with Crippen LogP contribution in [0.4, 0.5) is 10.5 Å². The van der Waals surface area contributed by atoms with Crippen LogP contribution in [0.15, 0.2) is 24.5 Å². The lowest BCUT2D eigenvalue weighted by molar-refractivity contribution is -0.120. The van der Waals surface area contributed by atoms with Gasteiger partial charge in [-0.2, -0.15) is 10.2 Å². The van der Waals surface area contributed by atoms with Crippen molar-refractivity contribution in [2.75, 3.05) is 11.4 Å². The van der Waals surface area contributed by atoms with Crippen LogP contribution in [-0.2, 0) is 4.79 Å². The van der Waals surface area contributed by atoms with Gasteiger partial charge in [0, 0.05) is 29.3 Å². The molecule has 0 bridgehead atoms. The van der Waals surface area contributed by atoms with E-state index >= 15 is 0 Å². The maximum atomic E-state index is 11.9. The van der Waals surface area contributed by atoms with E-state index in [9.17, 15) is 14.4 Å². The fourth-order valence-corrected chi connectivity index (χ4v) is 2.24. The van der Waals surface area contributed by atoms with E-state index in [2.05, 4.69) is 15.5 Å². The number of nitrogens with zero attached hydrogens (tertiary/aromatic N) is 3. The van der Waals surface area contributed by atoms with E-state index in [0.29, 0.717) is 28.6 Å². The lowest BCUT2D eigenvalue weighted by Crippen LogP contribution is -2.49. The number of aldehydes is 1. The lowest BCUT2D eigenvalue weighted by Gasteiger charge is -2.27.